The summed E-state index contributed by atoms with van der Waals surface area (Å²) in [6.45, 7) is -0.595. The van der Waals surface area contributed by atoms with Gasteiger partial charge in [-0.2, -0.15) is 0 Å². The fraction of sp³-hybridized carbons (Fsp3) is 0.150. The first-order chi connectivity index (χ1) is 13.9. The Kier molecular flexibility index (Phi) is 6.50. The number of rotatable bonds is 7. The van der Waals surface area contributed by atoms with Crippen LogP contribution in [0.15, 0.2) is 47.4 Å². The number of methoxy groups -OCH3 is 1. The number of carbonyl (C=O) groups is 2. The summed E-state index contributed by atoms with van der Waals surface area (Å²) in [7, 11) is 1.48. The van der Waals surface area contributed by atoms with Crippen molar-refractivity contribution < 1.29 is 28.6 Å². The molecule has 0 spiro atoms. The van der Waals surface area contributed by atoms with Crippen LogP contribution in [0.4, 0.5) is 4.39 Å². The Morgan fingerprint density at radius 2 is 2.03 bits per heavy atom. The van der Waals surface area contributed by atoms with E-state index in [0.717, 1.165) is 16.7 Å². The number of carboxylic acids is 1. The number of thiocarbonyl (C=S) groups is 1. The van der Waals surface area contributed by atoms with Crippen LogP contribution in [0.1, 0.15) is 11.1 Å². The van der Waals surface area contributed by atoms with Crippen LogP contribution >= 0.6 is 24.0 Å². The molecule has 150 valence electrons. The summed E-state index contributed by atoms with van der Waals surface area (Å²) in [5, 5.41) is 10.8. The monoisotopic (exact) mass is 432 g/mol. The number of carbonyl (C=O) groups excluding carboxylic acids is 2. The van der Waals surface area contributed by atoms with Crippen molar-refractivity contribution in [1.29, 1.82) is 0 Å². The van der Waals surface area contributed by atoms with Crippen molar-refractivity contribution in [3.63, 3.8) is 0 Å². The fourth-order valence-electron chi connectivity index (χ4n) is 2.58. The Bertz CT molecular complexity index is 1010. The maximum Gasteiger partial charge on any atom is 0.266 e. The molecule has 0 aliphatic carbocycles. The number of aliphatic carboxylic acids is 1. The van der Waals surface area contributed by atoms with E-state index >= 15 is 0 Å². The highest BCUT2D eigenvalue weighted by molar-refractivity contribution is 8.26. The van der Waals surface area contributed by atoms with E-state index in [1.165, 1.54) is 13.2 Å². The molecule has 1 aliphatic heterocycles. The summed E-state index contributed by atoms with van der Waals surface area (Å²) >= 11 is 6.06. The van der Waals surface area contributed by atoms with E-state index in [1.54, 1.807) is 42.5 Å². The molecule has 1 heterocycles. The predicted molar refractivity (Wildman–Crippen MR) is 109 cm³/mol. The Balaban J connectivity index is 1.82. The summed E-state index contributed by atoms with van der Waals surface area (Å²) in [4.78, 5) is 24.4. The fourth-order valence-corrected chi connectivity index (χ4v) is 3.84. The summed E-state index contributed by atoms with van der Waals surface area (Å²) in [5.74, 6) is -1.46. The first-order valence-electron chi connectivity index (χ1n) is 8.38. The molecule has 2 aromatic rings. The number of benzene rings is 2. The lowest BCUT2D eigenvalue weighted by Gasteiger charge is -2.14. The molecule has 1 saturated heterocycles. The molecule has 3 rings (SSSR count). The van der Waals surface area contributed by atoms with Crippen LogP contribution in [0.3, 0.4) is 0 Å². The van der Waals surface area contributed by atoms with Crippen molar-refractivity contribution in [2.45, 2.75) is 6.61 Å². The quantitative estimate of drug-likeness (QED) is 0.491. The number of ether oxygens (including phenoxy) is 2. The summed E-state index contributed by atoms with van der Waals surface area (Å²) < 4.78 is 24.9. The molecule has 0 aromatic heterocycles. The van der Waals surface area contributed by atoms with Crippen molar-refractivity contribution >= 4 is 46.3 Å². The molecule has 0 saturated carbocycles. The van der Waals surface area contributed by atoms with Gasteiger partial charge in [-0.1, -0.05) is 48.2 Å². The number of thioether (sulfide) groups is 1. The molecule has 9 heteroatoms. The van der Waals surface area contributed by atoms with E-state index in [9.17, 15) is 19.1 Å². The van der Waals surface area contributed by atoms with Crippen molar-refractivity contribution in [3.8, 4) is 11.5 Å². The second-order valence-electron chi connectivity index (χ2n) is 5.93. The van der Waals surface area contributed by atoms with E-state index in [-0.39, 0.29) is 21.6 Å². The minimum Gasteiger partial charge on any atom is -0.548 e. The SMILES string of the molecule is COc1ccc(/C=C2/SC(=S)N(CC(=O)[O-])C2=O)cc1OCc1ccccc1F. The van der Waals surface area contributed by atoms with Crippen LogP contribution in [0, 0.1) is 5.82 Å². The maximum absolute atomic E-state index is 13.8. The molecular formula is C20H15FNO5S2-. The summed E-state index contributed by atoms with van der Waals surface area (Å²) in [6, 6.07) is 11.3. The van der Waals surface area contributed by atoms with E-state index in [2.05, 4.69) is 0 Å². The van der Waals surface area contributed by atoms with Crippen LogP contribution in [-0.4, -0.2) is 34.8 Å². The standard InChI is InChI=1S/C20H16FNO5S2/c1-26-15-7-6-12(8-16(15)27-11-13-4-2-3-5-14(13)21)9-17-19(25)22(10-18(23)24)20(28)29-17/h2-9H,10-11H2,1H3,(H,23,24)/p-1/b17-9+. The van der Waals surface area contributed by atoms with Gasteiger partial charge >= 0.3 is 0 Å². The average Bonchev–Trinajstić information content (AvgIpc) is 2.94. The van der Waals surface area contributed by atoms with Crippen molar-refractivity contribution in [2.24, 2.45) is 0 Å². The molecule has 0 bridgehead atoms. The van der Waals surface area contributed by atoms with Gasteiger partial charge in [0.05, 0.1) is 24.5 Å². The Hall–Kier alpha value is -2.91. The van der Waals surface area contributed by atoms with Crippen LogP contribution in [0.25, 0.3) is 6.08 Å². The van der Waals surface area contributed by atoms with Gasteiger partial charge < -0.3 is 19.4 Å². The molecule has 0 atom stereocenters. The smallest absolute Gasteiger partial charge is 0.266 e. The van der Waals surface area contributed by atoms with Gasteiger partial charge in [-0.05, 0) is 29.8 Å². The number of hydrogen-bond donors (Lipinski definition) is 0. The highest BCUT2D eigenvalue weighted by Crippen LogP contribution is 2.35. The second kappa shape index (κ2) is 9.06. The molecule has 6 nitrogen and oxygen atoms in total. The third-order valence-electron chi connectivity index (χ3n) is 3.99. The zero-order valence-electron chi connectivity index (χ0n) is 15.2. The van der Waals surface area contributed by atoms with Gasteiger partial charge in [-0.3, -0.25) is 9.69 Å². The number of halogens is 1. The van der Waals surface area contributed by atoms with E-state index < -0.39 is 18.4 Å². The number of amides is 1. The Morgan fingerprint density at radius 3 is 2.72 bits per heavy atom. The lowest BCUT2D eigenvalue weighted by molar-refractivity contribution is -0.305. The Labute approximate surface area is 175 Å². The van der Waals surface area contributed by atoms with E-state index in [1.807, 2.05) is 0 Å². The van der Waals surface area contributed by atoms with Gasteiger partial charge in [0.1, 0.15) is 16.7 Å². The van der Waals surface area contributed by atoms with Gasteiger partial charge in [0.2, 0.25) is 0 Å². The zero-order chi connectivity index (χ0) is 21.0. The van der Waals surface area contributed by atoms with Gasteiger partial charge in [0.25, 0.3) is 5.91 Å². The van der Waals surface area contributed by atoms with E-state index in [4.69, 9.17) is 21.7 Å². The van der Waals surface area contributed by atoms with Gasteiger partial charge in [0, 0.05) is 5.56 Å². The highest BCUT2D eigenvalue weighted by atomic mass is 32.2. The van der Waals surface area contributed by atoms with Gasteiger partial charge in [-0.15, -0.1) is 0 Å². The number of nitrogens with zero attached hydrogens (tertiary/aromatic N) is 1. The second-order valence-corrected chi connectivity index (χ2v) is 7.61. The van der Waals surface area contributed by atoms with Crippen molar-refractivity contribution in [2.75, 3.05) is 13.7 Å². The lowest BCUT2D eigenvalue weighted by Crippen LogP contribution is -2.40. The first kappa shape index (κ1) is 20.8. The Morgan fingerprint density at radius 1 is 1.28 bits per heavy atom. The predicted octanol–water partition coefficient (Wildman–Crippen LogP) is 2.36. The third-order valence-corrected chi connectivity index (χ3v) is 5.37. The van der Waals surface area contributed by atoms with Gasteiger partial charge in [0.15, 0.2) is 11.5 Å². The van der Waals surface area contributed by atoms with Crippen molar-refractivity contribution in [1.82, 2.24) is 4.90 Å². The van der Waals surface area contributed by atoms with E-state index in [0.29, 0.717) is 22.6 Å². The van der Waals surface area contributed by atoms with Crippen LogP contribution in [0.5, 0.6) is 11.5 Å². The topological polar surface area (TPSA) is 78.9 Å². The first-order valence-corrected chi connectivity index (χ1v) is 9.61. The number of carboxylic acid groups (broad SMARTS) is 1. The maximum atomic E-state index is 13.8. The minimum atomic E-state index is -1.39. The molecule has 29 heavy (non-hydrogen) atoms. The molecule has 0 N–H and O–H groups in total. The third kappa shape index (κ3) is 4.93. The molecular weight excluding hydrogens is 417 g/mol. The lowest BCUT2D eigenvalue weighted by atomic mass is 10.1. The normalized spacial score (nSPS) is 15.1. The van der Waals surface area contributed by atoms with Crippen LogP contribution in [-0.2, 0) is 16.2 Å². The highest BCUT2D eigenvalue weighted by Gasteiger charge is 2.31. The van der Waals surface area contributed by atoms with Crippen molar-refractivity contribution in [3.05, 3.63) is 64.3 Å². The number of hydrogen-bond acceptors (Lipinski definition) is 7. The molecule has 0 unspecified atom stereocenters. The molecule has 1 amide bonds. The molecule has 2 aromatic carbocycles. The summed E-state index contributed by atoms with van der Waals surface area (Å²) in [6.07, 6.45) is 1.57. The van der Waals surface area contributed by atoms with Gasteiger partial charge in [-0.25, -0.2) is 4.39 Å². The van der Waals surface area contributed by atoms with Crippen LogP contribution in [0.2, 0.25) is 0 Å². The zero-order valence-corrected chi connectivity index (χ0v) is 16.8. The minimum absolute atomic E-state index is 0.000212. The summed E-state index contributed by atoms with van der Waals surface area (Å²) in [5.41, 5.74) is 1.01. The molecule has 1 fully saturated rings. The molecule has 0 radical (unpaired) electrons. The average molecular weight is 432 g/mol. The molecule has 1 aliphatic rings. The largest absolute Gasteiger partial charge is 0.548 e. The van der Waals surface area contributed by atoms with Crippen LogP contribution < -0.4 is 14.6 Å².